The fraction of sp³-hybridized carbons (Fsp3) is 0.286. The van der Waals surface area contributed by atoms with Crippen LogP contribution in [0.5, 0.6) is 0 Å². The molecule has 0 saturated carbocycles. The Kier molecular flexibility index (Phi) is 5.26. The van der Waals surface area contributed by atoms with Crippen molar-refractivity contribution in [2.24, 2.45) is 0 Å². The van der Waals surface area contributed by atoms with E-state index in [2.05, 4.69) is 16.0 Å². The second kappa shape index (κ2) is 7.61. The Balaban J connectivity index is 1.78. The summed E-state index contributed by atoms with van der Waals surface area (Å²) in [5, 5.41) is 7.96. The minimum Gasteiger partial charge on any atom is -0.326 e. The van der Waals surface area contributed by atoms with Gasteiger partial charge >= 0.3 is 6.03 Å². The summed E-state index contributed by atoms with van der Waals surface area (Å²) in [5.74, 6) is -0.625. The minimum atomic E-state index is -1.23. The average molecular weight is 365 g/mol. The molecule has 27 heavy (non-hydrogen) atoms. The fourth-order valence-electron chi connectivity index (χ4n) is 3.44. The molecule has 3 N–H and O–H groups in total. The molecule has 6 heteroatoms. The van der Waals surface area contributed by atoms with E-state index in [9.17, 15) is 14.4 Å². The summed E-state index contributed by atoms with van der Waals surface area (Å²) in [6.07, 6.45) is 1.08. The monoisotopic (exact) mass is 365 g/mol. The van der Waals surface area contributed by atoms with Gasteiger partial charge in [-0.25, -0.2) is 4.79 Å². The van der Waals surface area contributed by atoms with Crippen LogP contribution in [0, 0.1) is 6.92 Å². The van der Waals surface area contributed by atoms with Gasteiger partial charge in [-0.1, -0.05) is 55.5 Å². The Morgan fingerprint density at radius 1 is 1.07 bits per heavy atom. The Bertz CT molecular complexity index is 879. The molecule has 0 spiro atoms. The van der Waals surface area contributed by atoms with Crippen LogP contribution in [-0.2, 0) is 21.5 Å². The van der Waals surface area contributed by atoms with Crippen LogP contribution < -0.4 is 16.0 Å². The molecule has 1 heterocycles. The predicted octanol–water partition coefficient (Wildman–Crippen LogP) is 3.01. The minimum absolute atomic E-state index is 0.0973. The van der Waals surface area contributed by atoms with Crippen molar-refractivity contribution in [3.05, 3.63) is 65.2 Å². The lowest BCUT2D eigenvalue weighted by Crippen LogP contribution is -2.44. The normalized spacial score (nSPS) is 18.7. The maximum atomic E-state index is 12.6. The van der Waals surface area contributed by atoms with Crippen LogP contribution in [0.2, 0.25) is 0 Å². The molecule has 1 saturated heterocycles. The Morgan fingerprint density at radius 2 is 1.81 bits per heavy atom. The molecular formula is C21H23N3O3. The number of rotatable bonds is 6. The van der Waals surface area contributed by atoms with Crippen molar-refractivity contribution >= 4 is 23.5 Å². The number of imide groups is 1. The van der Waals surface area contributed by atoms with Gasteiger partial charge < -0.3 is 10.6 Å². The molecule has 0 aliphatic carbocycles. The first-order valence-electron chi connectivity index (χ1n) is 9.03. The summed E-state index contributed by atoms with van der Waals surface area (Å²) in [4.78, 5) is 36.9. The molecule has 2 aromatic rings. The van der Waals surface area contributed by atoms with E-state index in [4.69, 9.17) is 0 Å². The maximum absolute atomic E-state index is 12.6. The van der Waals surface area contributed by atoms with E-state index in [0.29, 0.717) is 5.56 Å². The van der Waals surface area contributed by atoms with Crippen molar-refractivity contribution in [1.29, 1.82) is 0 Å². The topological polar surface area (TPSA) is 87.3 Å². The van der Waals surface area contributed by atoms with Gasteiger partial charge in [0.05, 0.1) is 0 Å². The number of aryl methyl sites for hydroxylation is 2. The van der Waals surface area contributed by atoms with Crippen molar-refractivity contribution in [3.8, 4) is 0 Å². The van der Waals surface area contributed by atoms with Crippen LogP contribution in [0.25, 0.3) is 0 Å². The summed E-state index contributed by atoms with van der Waals surface area (Å²) in [5.41, 5.74) is 2.31. The molecule has 0 radical (unpaired) electrons. The second-order valence-corrected chi connectivity index (χ2v) is 6.69. The van der Waals surface area contributed by atoms with Crippen LogP contribution in [-0.4, -0.2) is 17.8 Å². The summed E-state index contributed by atoms with van der Waals surface area (Å²) < 4.78 is 0. The SMILES string of the molecule is CCc1cccc(C)c1NC(=O)CCC1(c2ccccc2)NC(=O)NC1=O. The Labute approximate surface area is 158 Å². The zero-order valence-electron chi connectivity index (χ0n) is 15.5. The average Bonchev–Trinajstić information content (AvgIpc) is 2.96. The number of hydrogen-bond acceptors (Lipinski definition) is 3. The van der Waals surface area contributed by atoms with Gasteiger partial charge in [-0.05, 0) is 36.5 Å². The van der Waals surface area contributed by atoms with E-state index in [1.54, 1.807) is 24.3 Å². The quantitative estimate of drug-likeness (QED) is 0.688. The van der Waals surface area contributed by atoms with Gasteiger partial charge in [-0.2, -0.15) is 0 Å². The first kappa shape index (κ1) is 18.6. The molecule has 6 nitrogen and oxygen atoms in total. The highest BCUT2D eigenvalue weighted by Crippen LogP contribution is 2.30. The molecule has 1 unspecified atom stereocenters. The number of carbonyl (C=O) groups is 3. The van der Waals surface area contributed by atoms with Gasteiger partial charge in [-0.15, -0.1) is 0 Å². The van der Waals surface area contributed by atoms with Gasteiger partial charge in [0.15, 0.2) is 0 Å². The van der Waals surface area contributed by atoms with Crippen LogP contribution in [0.4, 0.5) is 10.5 Å². The molecule has 1 fully saturated rings. The first-order valence-corrected chi connectivity index (χ1v) is 9.03. The van der Waals surface area contributed by atoms with Gasteiger partial charge in [0.2, 0.25) is 5.91 Å². The molecule has 4 amide bonds. The highest BCUT2D eigenvalue weighted by atomic mass is 16.2. The molecule has 1 aliphatic rings. The van der Waals surface area contributed by atoms with Crippen molar-refractivity contribution in [3.63, 3.8) is 0 Å². The smallest absolute Gasteiger partial charge is 0.322 e. The van der Waals surface area contributed by atoms with Crippen molar-refractivity contribution in [2.45, 2.75) is 38.6 Å². The van der Waals surface area contributed by atoms with E-state index in [1.165, 1.54) is 0 Å². The van der Waals surface area contributed by atoms with Gasteiger partial charge in [-0.3, -0.25) is 14.9 Å². The summed E-state index contributed by atoms with van der Waals surface area (Å²) in [6.45, 7) is 3.98. The second-order valence-electron chi connectivity index (χ2n) is 6.69. The van der Waals surface area contributed by atoms with E-state index < -0.39 is 17.5 Å². The van der Waals surface area contributed by atoms with Crippen molar-refractivity contribution in [2.75, 3.05) is 5.32 Å². The van der Waals surface area contributed by atoms with Crippen LogP contribution in [0.1, 0.15) is 36.5 Å². The number of hydrogen-bond donors (Lipinski definition) is 3. The summed E-state index contributed by atoms with van der Waals surface area (Å²) in [6, 6.07) is 14.3. The standard InChI is InChI=1S/C21H23N3O3/c1-3-15-9-7-8-14(2)18(15)22-17(25)12-13-21(16-10-5-4-6-11-16)19(26)23-20(27)24-21/h4-11H,3,12-13H2,1-2H3,(H,22,25)(H2,23,24,26,27). The van der Waals surface area contributed by atoms with Crippen LogP contribution in [0.3, 0.4) is 0 Å². The van der Waals surface area contributed by atoms with Crippen LogP contribution >= 0.6 is 0 Å². The highest BCUT2D eigenvalue weighted by molar-refractivity contribution is 6.07. The molecule has 3 rings (SSSR count). The van der Waals surface area contributed by atoms with E-state index in [0.717, 1.165) is 23.2 Å². The zero-order valence-corrected chi connectivity index (χ0v) is 15.5. The lowest BCUT2D eigenvalue weighted by atomic mass is 9.85. The lowest BCUT2D eigenvalue weighted by Gasteiger charge is -2.26. The van der Waals surface area contributed by atoms with Gasteiger partial charge in [0.25, 0.3) is 5.91 Å². The van der Waals surface area contributed by atoms with Gasteiger partial charge in [0.1, 0.15) is 5.54 Å². The first-order chi connectivity index (χ1) is 13.0. The molecule has 0 aromatic heterocycles. The van der Waals surface area contributed by atoms with E-state index in [1.807, 2.05) is 38.1 Å². The molecular weight excluding hydrogens is 342 g/mol. The van der Waals surface area contributed by atoms with Crippen molar-refractivity contribution < 1.29 is 14.4 Å². The van der Waals surface area contributed by atoms with E-state index in [-0.39, 0.29) is 18.7 Å². The van der Waals surface area contributed by atoms with E-state index >= 15 is 0 Å². The zero-order chi connectivity index (χ0) is 19.4. The van der Waals surface area contributed by atoms with Gasteiger partial charge in [0, 0.05) is 12.1 Å². The maximum Gasteiger partial charge on any atom is 0.322 e. The number of anilines is 1. The lowest BCUT2D eigenvalue weighted by molar-refractivity contribution is -0.125. The largest absolute Gasteiger partial charge is 0.326 e. The third kappa shape index (κ3) is 3.69. The molecule has 1 atom stereocenters. The molecule has 140 valence electrons. The molecule has 2 aromatic carbocycles. The summed E-state index contributed by atoms with van der Waals surface area (Å²) >= 11 is 0. The van der Waals surface area contributed by atoms with Crippen molar-refractivity contribution in [1.82, 2.24) is 10.6 Å². The van der Waals surface area contributed by atoms with Crippen LogP contribution in [0.15, 0.2) is 48.5 Å². The number of benzene rings is 2. The number of carbonyl (C=O) groups excluding carboxylic acids is 3. The molecule has 1 aliphatic heterocycles. The fourth-order valence-corrected chi connectivity index (χ4v) is 3.44. The Morgan fingerprint density at radius 3 is 2.44 bits per heavy atom. The molecule has 0 bridgehead atoms. The number of nitrogens with one attached hydrogen (secondary N) is 3. The summed E-state index contributed by atoms with van der Waals surface area (Å²) in [7, 11) is 0. The highest BCUT2D eigenvalue weighted by Gasteiger charge is 2.47. The number of amides is 4. The predicted molar refractivity (Wildman–Crippen MR) is 103 cm³/mol. The third-order valence-corrected chi connectivity index (χ3v) is 4.94. The number of urea groups is 1. The Hall–Kier alpha value is -3.15. The third-order valence-electron chi connectivity index (χ3n) is 4.94. The number of para-hydroxylation sites is 1.